The van der Waals surface area contributed by atoms with Crippen LogP contribution in [0, 0.1) is 11.8 Å². The third kappa shape index (κ3) is 4.58. The Morgan fingerprint density at radius 2 is 2.11 bits per heavy atom. The molecule has 0 radical (unpaired) electrons. The second-order valence-electron chi connectivity index (χ2n) is 4.95. The molecule has 0 heterocycles. The van der Waals surface area contributed by atoms with Gasteiger partial charge in [0.2, 0.25) is 5.91 Å². The van der Waals surface area contributed by atoms with Gasteiger partial charge < -0.3 is 10.6 Å². The zero-order chi connectivity index (χ0) is 14.6. The maximum atomic E-state index is 12.4. The van der Waals surface area contributed by atoms with Crippen LogP contribution < -0.4 is 5.73 Å². The van der Waals surface area contributed by atoms with Crippen molar-refractivity contribution in [2.45, 2.75) is 20.4 Å². The summed E-state index contributed by atoms with van der Waals surface area (Å²) in [6.07, 6.45) is 0. The first-order valence-electron chi connectivity index (χ1n) is 6.11. The van der Waals surface area contributed by atoms with Gasteiger partial charge in [-0.25, -0.2) is 0 Å². The molecule has 0 aliphatic carbocycles. The fourth-order valence-electron chi connectivity index (χ4n) is 1.96. The van der Waals surface area contributed by atoms with E-state index in [0.717, 1.165) is 10.0 Å². The first-order valence-corrected chi connectivity index (χ1v) is 7.31. The van der Waals surface area contributed by atoms with Gasteiger partial charge in [0.05, 0.1) is 10.9 Å². The van der Waals surface area contributed by atoms with E-state index in [-0.39, 0.29) is 16.8 Å². The van der Waals surface area contributed by atoms with Gasteiger partial charge in [-0.2, -0.15) is 0 Å². The number of hydrogen-bond donors (Lipinski definition) is 1. The van der Waals surface area contributed by atoms with Crippen LogP contribution in [0.15, 0.2) is 28.7 Å². The molecule has 1 amide bonds. The van der Waals surface area contributed by atoms with Crippen LogP contribution in [0.1, 0.15) is 19.4 Å². The molecule has 1 aromatic carbocycles. The summed E-state index contributed by atoms with van der Waals surface area (Å²) in [5.41, 5.74) is 6.74. The maximum Gasteiger partial charge on any atom is 0.232 e. The number of halogens is 1. The van der Waals surface area contributed by atoms with Gasteiger partial charge in [-0.05, 0) is 23.6 Å². The molecule has 0 saturated carbocycles. The van der Waals surface area contributed by atoms with Crippen LogP contribution in [0.2, 0.25) is 0 Å². The lowest BCUT2D eigenvalue weighted by Gasteiger charge is -2.25. The van der Waals surface area contributed by atoms with Gasteiger partial charge in [-0.15, -0.1) is 0 Å². The van der Waals surface area contributed by atoms with Crippen molar-refractivity contribution in [3.63, 3.8) is 0 Å². The number of rotatable bonds is 5. The summed E-state index contributed by atoms with van der Waals surface area (Å²) in [5, 5.41) is 0. The average Bonchev–Trinajstić information content (AvgIpc) is 2.27. The summed E-state index contributed by atoms with van der Waals surface area (Å²) in [6, 6.07) is 7.89. The summed E-state index contributed by atoms with van der Waals surface area (Å²) in [4.78, 5) is 14.3. The third-order valence-electron chi connectivity index (χ3n) is 2.92. The molecule has 0 bridgehead atoms. The molecule has 0 spiro atoms. The molecule has 0 aliphatic rings. The fourth-order valence-corrected chi connectivity index (χ4v) is 2.78. The first kappa shape index (κ1) is 16.1. The van der Waals surface area contributed by atoms with Crippen molar-refractivity contribution >= 4 is 39.0 Å². The fraction of sp³-hybridized carbons (Fsp3) is 0.429. The minimum Gasteiger partial charge on any atom is -0.393 e. The number of carbonyl (C=O) groups excluding carboxylic acids is 1. The van der Waals surface area contributed by atoms with Crippen LogP contribution in [0.5, 0.6) is 0 Å². The van der Waals surface area contributed by atoms with Crippen LogP contribution in [0.25, 0.3) is 0 Å². The molecule has 0 saturated heterocycles. The van der Waals surface area contributed by atoms with Crippen molar-refractivity contribution in [1.82, 2.24) is 4.90 Å². The standard InChI is InChI=1S/C14H19BrN2OS/c1-9(2)12(13(16)19)14(18)17(3)8-10-5-4-6-11(15)7-10/h4-7,9,12H,8H2,1-3H3,(H2,16,19). The smallest absolute Gasteiger partial charge is 0.232 e. The van der Waals surface area contributed by atoms with E-state index in [9.17, 15) is 4.79 Å². The van der Waals surface area contributed by atoms with E-state index in [4.69, 9.17) is 18.0 Å². The third-order valence-corrected chi connectivity index (χ3v) is 3.67. The van der Waals surface area contributed by atoms with Crippen LogP contribution in [0.4, 0.5) is 0 Å². The number of thiocarbonyl (C=S) groups is 1. The van der Waals surface area contributed by atoms with Gasteiger partial charge in [0.1, 0.15) is 0 Å². The zero-order valence-corrected chi connectivity index (χ0v) is 13.8. The zero-order valence-electron chi connectivity index (χ0n) is 11.4. The van der Waals surface area contributed by atoms with Crippen LogP contribution in [-0.4, -0.2) is 22.8 Å². The Morgan fingerprint density at radius 1 is 1.47 bits per heavy atom. The van der Waals surface area contributed by atoms with E-state index >= 15 is 0 Å². The Balaban J connectivity index is 2.79. The van der Waals surface area contributed by atoms with Gasteiger partial charge in [-0.3, -0.25) is 4.79 Å². The molecule has 1 atom stereocenters. The highest BCUT2D eigenvalue weighted by atomic mass is 79.9. The number of nitrogens with zero attached hydrogens (tertiary/aromatic N) is 1. The monoisotopic (exact) mass is 342 g/mol. The second-order valence-corrected chi connectivity index (χ2v) is 6.34. The molecule has 3 nitrogen and oxygen atoms in total. The normalized spacial score (nSPS) is 12.3. The largest absolute Gasteiger partial charge is 0.393 e. The topological polar surface area (TPSA) is 46.3 Å². The van der Waals surface area contributed by atoms with E-state index in [1.165, 1.54) is 0 Å². The quantitative estimate of drug-likeness (QED) is 0.836. The molecule has 0 aromatic heterocycles. The van der Waals surface area contributed by atoms with E-state index in [1.54, 1.807) is 11.9 Å². The maximum absolute atomic E-state index is 12.4. The summed E-state index contributed by atoms with van der Waals surface area (Å²) in [6.45, 7) is 4.45. The van der Waals surface area contributed by atoms with Crippen molar-refractivity contribution in [3.05, 3.63) is 34.3 Å². The van der Waals surface area contributed by atoms with Crippen LogP contribution in [-0.2, 0) is 11.3 Å². The summed E-state index contributed by atoms with van der Waals surface area (Å²) < 4.78 is 1.00. The highest BCUT2D eigenvalue weighted by Crippen LogP contribution is 2.17. The number of amides is 1. The first-order chi connectivity index (χ1) is 8.82. The highest BCUT2D eigenvalue weighted by Gasteiger charge is 2.27. The lowest BCUT2D eigenvalue weighted by molar-refractivity contribution is -0.133. The Labute approximate surface area is 128 Å². The number of nitrogens with two attached hydrogens (primary N) is 1. The van der Waals surface area contributed by atoms with Gasteiger partial charge in [0.25, 0.3) is 0 Å². The molecule has 104 valence electrons. The Bertz CT molecular complexity index is 476. The van der Waals surface area contributed by atoms with E-state index in [0.29, 0.717) is 6.54 Å². The Kier molecular flexibility index (Phi) is 5.94. The van der Waals surface area contributed by atoms with Crippen molar-refractivity contribution in [2.24, 2.45) is 17.6 Å². The minimum absolute atomic E-state index is 0.0255. The second kappa shape index (κ2) is 7.01. The van der Waals surface area contributed by atoms with Gasteiger partial charge >= 0.3 is 0 Å². The van der Waals surface area contributed by atoms with Gasteiger partial charge in [-0.1, -0.05) is 54.1 Å². The molecule has 0 aliphatic heterocycles. The lowest BCUT2D eigenvalue weighted by Crippen LogP contribution is -2.41. The Hall–Kier alpha value is -0.940. The predicted molar refractivity (Wildman–Crippen MR) is 85.7 cm³/mol. The molecule has 1 unspecified atom stereocenters. The van der Waals surface area contributed by atoms with Gasteiger partial charge in [0.15, 0.2) is 0 Å². The molecular weight excluding hydrogens is 324 g/mol. The van der Waals surface area contributed by atoms with Gasteiger partial charge in [0, 0.05) is 18.1 Å². The number of benzene rings is 1. The number of carbonyl (C=O) groups is 1. The van der Waals surface area contributed by atoms with Crippen LogP contribution in [0.3, 0.4) is 0 Å². The SMILES string of the molecule is CC(C)C(C(=O)N(C)Cc1cccc(Br)c1)C(N)=S. The molecule has 1 aromatic rings. The van der Waals surface area contributed by atoms with Crippen molar-refractivity contribution in [3.8, 4) is 0 Å². The van der Waals surface area contributed by atoms with Crippen molar-refractivity contribution in [2.75, 3.05) is 7.05 Å². The summed E-state index contributed by atoms with van der Waals surface area (Å²) >= 11 is 8.42. The Morgan fingerprint density at radius 3 is 2.58 bits per heavy atom. The molecule has 0 fully saturated rings. The van der Waals surface area contributed by atoms with E-state index in [1.807, 2.05) is 38.1 Å². The molecule has 2 N–H and O–H groups in total. The molecule has 5 heteroatoms. The minimum atomic E-state index is -0.396. The molecule has 1 rings (SSSR count). The van der Waals surface area contributed by atoms with E-state index in [2.05, 4.69) is 15.9 Å². The van der Waals surface area contributed by atoms with Crippen LogP contribution >= 0.6 is 28.1 Å². The number of hydrogen-bond acceptors (Lipinski definition) is 2. The van der Waals surface area contributed by atoms with Crippen molar-refractivity contribution < 1.29 is 4.79 Å². The summed E-state index contributed by atoms with van der Waals surface area (Å²) in [5.74, 6) is -0.315. The van der Waals surface area contributed by atoms with Crippen molar-refractivity contribution in [1.29, 1.82) is 0 Å². The molecular formula is C14H19BrN2OS. The predicted octanol–water partition coefficient (Wildman–Crippen LogP) is 2.97. The lowest BCUT2D eigenvalue weighted by atomic mass is 9.94. The molecule has 19 heavy (non-hydrogen) atoms. The average molecular weight is 343 g/mol. The van der Waals surface area contributed by atoms with E-state index < -0.39 is 5.92 Å². The summed E-state index contributed by atoms with van der Waals surface area (Å²) in [7, 11) is 1.77. The highest BCUT2D eigenvalue weighted by molar-refractivity contribution is 9.10.